The Balaban J connectivity index is 2.18. The minimum atomic E-state index is 0.766. The van der Waals surface area contributed by atoms with Crippen LogP contribution in [-0.4, -0.2) is 9.97 Å². The minimum absolute atomic E-state index is 0.766. The molecule has 0 unspecified atom stereocenters. The molecule has 3 aromatic rings. The molecule has 0 saturated heterocycles. The summed E-state index contributed by atoms with van der Waals surface area (Å²) in [7, 11) is 0. The highest BCUT2D eigenvalue weighted by molar-refractivity contribution is 5.81. The molecular formula is C14H11N3. The third-order valence-corrected chi connectivity index (χ3v) is 2.69. The van der Waals surface area contributed by atoms with Crippen LogP contribution in [0.1, 0.15) is 0 Å². The lowest BCUT2D eigenvalue weighted by Gasteiger charge is -2.04. The van der Waals surface area contributed by atoms with Gasteiger partial charge in [0.25, 0.3) is 0 Å². The third-order valence-electron chi connectivity index (χ3n) is 2.69. The molecule has 0 amide bonds. The maximum Gasteiger partial charge on any atom is 0.0892 e. The van der Waals surface area contributed by atoms with Gasteiger partial charge < -0.3 is 5.73 Å². The molecule has 3 nitrogen and oxygen atoms in total. The fourth-order valence-electron chi connectivity index (χ4n) is 1.86. The van der Waals surface area contributed by atoms with Gasteiger partial charge in [-0.15, -0.1) is 0 Å². The summed E-state index contributed by atoms with van der Waals surface area (Å²) in [5.74, 6) is 0. The predicted molar refractivity (Wildman–Crippen MR) is 69.4 cm³/mol. The van der Waals surface area contributed by atoms with Crippen LogP contribution in [0, 0.1) is 0 Å². The molecule has 0 spiro atoms. The Morgan fingerprint density at radius 2 is 1.53 bits per heavy atom. The Bertz CT molecular complexity index is 677. The molecule has 0 aliphatic rings. The van der Waals surface area contributed by atoms with Crippen molar-refractivity contribution in [1.29, 1.82) is 0 Å². The van der Waals surface area contributed by atoms with Crippen LogP contribution in [0.5, 0.6) is 0 Å². The number of fused-ring (bicyclic) bond motifs is 1. The summed E-state index contributed by atoms with van der Waals surface area (Å²) in [6, 6.07) is 13.9. The molecule has 3 heteroatoms. The lowest BCUT2D eigenvalue weighted by atomic mass is 10.0. The molecule has 0 aliphatic carbocycles. The number of nitrogen functional groups attached to an aromatic ring is 1. The second-order valence-electron chi connectivity index (χ2n) is 3.89. The average molecular weight is 221 g/mol. The molecule has 0 fully saturated rings. The van der Waals surface area contributed by atoms with Gasteiger partial charge >= 0.3 is 0 Å². The van der Waals surface area contributed by atoms with E-state index in [2.05, 4.69) is 9.97 Å². The summed E-state index contributed by atoms with van der Waals surface area (Å²) >= 11 is 0. The van der Waals surface area contributed by atoms with Gasteiger partial charge in [-0.1, -0.05) is 18.2 Å². The summed E-state index contributed by atoms with van der Waals surface area (Å²) < 4.78 is 0. The molecule has 0 aliphatic heterocycles. The number of hydrogen-bond acceptors (Lipinski definition) is 3. The van der Waals surface area contributed by atoms with Gasteiger partial charge in [0.2, 0.25) is 0 Å². The van der Waals surface area contributed by atoms with Crippen LogP contribution >= 0.6 is 0 Å². The summed E-state index contributed by atoms with van der Waals surface area (Å²) in [6.07, 6.45) is 3.40. The fourth-order valence-corrected chi connectivity index (χ4v) is 1.86. The number of hydrogen-bond donors (Lipinski definition) is 1. The average Bonchev–Trinajstić information content (AvgIpc) is 2.38. The van der Waals surface area contributed by atoms with Crippen LogP contribution in [0.2, 0.25) is 0 Å². The molecule has 0 radical (unpaired) electrons. The molecule has 17 heavy (non-hydrogen) atoms. The van der Waals surface area contributed by atoms with E-state index in [9.17, 15) is 0 Å². The van der Waals surface area contributed by atoms with E-state index in [1.807, 2.05) is 42.5 Å². The molecule has 2 N–H and O–H groups in total. The van der Waals surface area contributed by atoms with Crippen molar-refractivity contribution >= 4 is 16.7 Å². The van der Waals surface area contributed by atoms with Crippen LogP contribution in [0.25, 0.3) is 22.2 Å². The zero-order valence-electron chi connectivity index (χ0n) is 9.17. The highest BCUT2D eigenvalue weighted by atomic mass is 14.8. The van der Waals surface area contributed by atoms with E-state index in [4.69, 9.17) is 5.73 Å². The molecule has 0 saturated carbocycles. The van der Waals surface area contributed by atoms with Gasteiger partial charge in [-0.3, -0.25) is 9.97 Å². The van der Waals surface area contributed by atoms with Gasteiger partial charge in [0.1, 0.15) is 0 Å². The Morgan fingerprint density at radius 1 is 0.765 bits per heavy atom. The highest BCUT2D eigenvalue weighted by Crippen LogP contribution is 2.23. The van der Waals surface area contributed by atoms with Crippen molar-refractivity contribution in [3.8, 4) is 11.1 Å². The van der Waals surface area contributed by atoms with Crippen LogP contribution < -0.4 is 5.73 Å². The van der Waals surface area contributed by atoms with Gasteiger partial charge in [-0.2, -0.15) is 0 Å². The number of rotatable bonds is 1. The van der Waals surface area contributed by atoms with E-state index in [1.54, 1.807) is 12.4 Å². The first-order valence-electron chi connectivity index (χ1n) is 5.40. The zero-order valence-corrected chi connectivity index (χ0v) is 9.17. The van der Waals surface area contributed by atoms with Gasteiger partial charge in [-0.05, 0) is 35.4 Å². The smallest absolute Gasteiger partial charge is 0.0892 e. The molecule has 0 atom stereocenters. The van der Waals surface area contributed by atoms with Crippen molar-refractivity contribution in [1.82, 2.24) is 9.97 Å². The van der Waals surface area contributed by atoms with Crippen LogP contribution in [0.3, 0.4) is 0 Å². The van der Waals surface area contributed by atoms with Crippen molar-refractivity contribution in [2.75, 3.05) is 5.73 Å². The quantitative estimate of drug-likeness (QED) is 0.643. The largest absolute Gasteiger partial charge is 0.399 e. The minimum Gasteiger partial charge on any atom is -0.399 e. The molecule has 82 valence electrons. The maximum atomic E-state index is 5.78. The molecule has 1 heterocycles. The van der Waals surface area contributed by atoms with Gasteiger partial charge in [0.15, 0.2) is 0 Å². The van der Waals surface area contributed by atoms with Crippen molar-refractivity contribution in [2.24, 2.45) is 0 Å². The van der Waals surface area contributed by atoms with E-state index in [0.29, 0.717) is 0 Å². The second kappa shape index (κ2) is 3.87. The fraction of sp³-hybridized carbons (Fsp3) is 0. The first kappa shape index (κ1) is 9.78. The van der Waals surface area contributed by atoms with Crippen LogP contribution in [0.4, 0.5) is 5.69 Å². The van der Waals surface area contributed by atoms with E-state index in [1.165, 1.54) is 0 Å². The molecule has 3 rings (SSSR count). The van der Waals surface area contributed by atoms with Crippen LogP contribution in [0.15, 0.2) is 54.9 Å². The maximum absolute atomic E-state index is 5.78. The topological polar surface area (TPSA) is 51.8 Å². The zero-order chi connectivity index (χ0) is 11.7. The Hall–Kier alpha value is -2.42. The third kappa shape index (κ3) is 1.83. The Morgan fingerprint density at radius 3 is 2.35 bits per heavy atom. The summed E-state index contributed by atoms with van der Waals surface area (Å²) in [6.45, 7) is 0. The Kier molecular flexibility index (Phi) is 2.22. The first-order chi connectivity index (χ1) is 8.33. The van der Waals surface area contributed by atoms with E-state index < -0.39 is 0 Å². The van der Waals surface area contributed by atoms with Gasteiger partial charge in [0.05, 0.1) is 11.0 Å². The molecule has 1 aromatic heterocycles. The Labute approximate surface area is 98.9 Å². The standard InChI is InChI=1S/C14H11N3/c15-12-3-1-2-10(8-12)11-4-5-13-14(9-11)17-7-6-16-13/h1-9H,15H2. The monoisotopic (exact) mass is 221 g/mol. The summed E-state index contributed by atoms with van der Waals surface area (Å²) in [5, 5.41) is 0. The lowest BCUT2D eigenvalue weighted by Crippen LogP contribution is -1.86. The highest BCUT2D eigenvalue weighted by Gasteiger charge is 2.01. The van der Waals surface area contributed by atoms with Crippen molar-refractivity contribution in [3.05, 3.63) is 54.9 Å². The SMILES string of the molecule is Nc1cccc(-c2ccc3nccnc3c2)c1. The number of anilines is 1. The van der Waals surface area contributed by atoms with Gasteiger partial charge in [-0.25, -0.2) is 0 Å². The van der Waals surface area contributed by atoms with Gasteiger partial charge in [0, 0.05) is 18.1 Å². The van der Waals surface area contributed by atoms with E-state index in [0.717, 1.165) is 27.8 Å². The van der Waals surface area contributed by atoms with E-state index >= 15 is 0 Å². The van der Waals surface area contributed by atoms with Crippen molar-refractivity contribution < 1.29 is 0 Å². The molecule has 2 aromatic carbocycles. The first-order valence-corrected chi connectivity index (χ1v) is 5.40. The molecule has 0 bridgehead atoms. The number of benzene rings is 2. The van der Waals surface area contributed by atoms with Crippen molar-refractivity contribution in [3.63, 3.8) is 0 Å². The number of nitrogens with zero attached hydrogens (tertiary/aromatic N) is 2. The van der Waals surface area contributed by atoms with Crippen LogP contribution in [-0.2, 0) is 0 Å². The number of aromatic nitrogens is 2. The summed E-state index contributed by atoms with van der Waals surface area (Å²) in [4.78, 5) is 8.54. The normalized spacial score (nSPS) is 10.6. The second-order valence-corrected chi connectivity index (χ2v) is 3.89. The lowest BCUT2D eigenvalue weighted by molar-refractivity contribution is 1.29. The predicted octanol–water partition coefficient (Wildman–Crippen LogP) is 2.88. The molecular weight excluding hydrogens is 210 g/mol. The van der Waals surface area contributed by atoms with Crippen molar-refractivity contribution in [2.45, 2.75) is 0 Å². The summed E-state index contributed by atoms with van der Waals surface area (Å²) in [5.41, 5.74) is 10.5. The van der Waals surface area contributed by atoms with E-state index in [-0.39, 0.29) is 0 Å². The number of nitrogens with two attached hydrogens (primary N) is 1.